The van der Waals surface area contributed by atoms with Crippen molar-refractivity contribution in [1.82, 2.24) is 10.3 Å². The molecule has 8 heteroatoms. The van der Waals surface area contributed by atoms with Gasteiger partial charge in [-0.3, -0.25) is 14.4 Å². The standard InChI is InChI=1S/C15H18N2O6/c1-8-3-4-16-12(13(8)19)14(20)17-10-6-22-11(18)5-9(2)15(21)23-7-10/h3-4,9-10,19H,5-7H2,1-2H3,(H,17,20). The second kappa shape index (κ2) is 7.08. The first kappa shape index (κ1) is 16.7. The number of rotatable bonds is 2. The molecule has 2 N–H and O–H groups in total. The van der Waals surface area contributed by atoms with Crippen LogP contribution < -0.4 is 5.32 Å². The number of hydrogen-bond donors (Lipinski definition) is 2. The summed E-state index contributed by atoms with van der Waals surface area (Å²) < 4.78 is 10.1. The highest BCUT2D eigenvalue weighted by Crippen LogP contribution is 2.19. The summed E-state index contributed by atoms with van der Waals surface area (Å²) >= 11 is 0. The quantitative estimate of drug-likeness (QED) is 0.753. The van der Waals surface area contributed by atoms with Gasteiger partial charge in [-0.15, -0.1) is 0 Å². The molecule has 124 valence electrons. The smallest absolute Gasteiger partial charge is 0.309 e. The van der Waals surface area contributed by atoms with Crippen molar-refractivity contribution >= 4 is 17.8 Å². The highest BCUT2D eigenvalue weighted by Gasteiger charge is 2.26. The molecule has 0 bridgehead atoms. The van der Waals surface area contributed by atoms with E-state index in [0.29, 0.717) is 5.56 Å². The summed E-state index contributed by atoms with van der Waals surface area (Å²) in [4.78, 5) is 39.2. The highest BCUT2D eigenvalue weighted by molar-refractivity contribution is 5.95. The molecule has 1 fully saturated rings. The van der Waals surface area contributed by atoms with E-state index in [1.807, 2.05) is 0 Å². The highest BCUT2D eigenvalue weighted by atomic mass is 16.6. The number of aromatic nitrogens is 1. The van der Waals surface area contributed by atoms with Gasteiger partial charge in [-0.05, 0) is 18.6 Å². The van der Waals surface area contributed by atoms with E-state index in [-0.39, 0.29) is 31.1 Å². The maximum Gasteiger partial charge on any atom is 0.309 e. The van der Waals surface area contributed by atoms with E-state index in [4.69, 9.17) is 9.47 Å². The van der Waals surface area contributed by atoms with Crippen LogP contribution in [-0.4, -0.2) is 47.2 Å². The van der Waals surface area contributed by atoms with Gasteiger partial charge in [0, 0.05) is 6.20 Å². The molecule has 2 rings (SSSR count). The first-order valence-electron chi connectivity index (χ1n) is 7.16. The largest absolute Gasteiger partial charge is 0.505 e. The molecule has 1 aliphatic heterocycles. The van der Waals surface area contributed by atoms with E-state index >= 15 is 0 Å². The van der Waals surface area contributed by atoms with Gasteiger partial charge in [0.2, 0.25) is 0 Å². The molecular weight excluding hydrogens is 304 g/mol. The van der Waals surface area contributed by atoms with Gasteiger partial charge < -0.3 is 19.9 Å². The zero-order valence-corrected chi connectivity index (χ0v) is 12.9. The van der Waals surface area contributed by atoms with Gasteiger partial charge in [-0.2, -0.15) is 0 Å². The van der Waals surface area contributed by atoms with Crippen molar-refractivity contribution in [1.29, 1.82) is 0 Å². The third-order valence-corrected chi connectivity index (χ3v) is 3.42. The number of aromatic hydroxyl groups is 1. The number of cyclic esters (lactones) is 2. The van der Waals surface area contributed by atoms with E-state index < -0.39 is 29.8 Å². The Balaban J connectivity index is 2.08. The molecule has 2 atom stereocenters. The Morgan fingerprint density at radius 1 is 1.35 bits per heavy atom. The number of pyridine rings is 1. The fraction of sp³-hybridized carbons (Fsp3) is 0.467. The molecule has 8 nitrogen and oxygen atoms in total. The zero-order chi connectivity index (χ0) is 17.0. The molecule has 1 amide bonds. The lowest BCUT2D eigenvalue weighted by Gasteiger charge is -2.17. The molecule has 1 saturated heterocycles. The lowest BCUT2D eigenvalue weighted by Crippen LogP contribution is -2.42. The van der Waals surface area contributed by atoms with Gasteiger partial charge in [0.05, 0.1) is 18.4 Å². The maximum atomic E-state index is 12.2. The third kappa shape index (κ3) is 4.18. The Labute approximate surface area is 132 Å². The molecule has 0 aromatic carbocycles. The number of carbonyl (C=O) groups is 3. The number of ether oxygens (including phenoxy) is 2. The Morgan fingerprint density at radius 3 is 2.78 bits per heavy atom. The lowest BCUT2D eigenvalue weighted by atomic mass is 10.1. The van der Waals surface area contributed by atoms with Crippen molar-refractivity contribution in [2.75, 3.05) is 13.2 Å². The number of hydrogen-bond acceptors (Lipinski definition) is 7. The molecule has 1 aromatic heterocycles. The summed E-state index contributed by atoms with van der Waals surface area (Å²) in [5.74, 6) is -2.53. The van der Waals surface area contributed by atoms with Gasteiger partial charge in [0.25, 0.3) is 5.91 Å². The third-order valence-electron chi connectivity index (χ3n) is 3.42. The Hall–Kier alpha value is -2.64. The molecule has 1 aromatic rings. The van der Waals surface area contributed by atoms with Crippen molar-refractivity contribution in [3.05, 3.63) is 23.5 Å². The Morgan fingerprint density at radius 2 is 2.04 bits per heavy atom. The van der Waals surface area contributed by atoms with Gasteiger partial charge >= 0.3 is 11.9 Å². The van der Waals surface area contributed by atoms with Crippen LogP contribution >= 0.6 is 0 Å². The number of esters is 2. The fourth-order valence-corrected chi connectivity index (χ4v) is 2.01. The average molecular weight is 322 g/mol. The van der Waals surface area contributed by atoms with Gasteiger partial charge in [-0.1, -0.05) is 6.92 Å². The molecule has 0 saturated carbocycles. The summed E-state index contributed by atoms with van der Waals surface area (Å²) in [6.07, 6.45) is 1.33. The normalized spacial score (nSPS) is 22.2. The van der Waals surface area contributed by atoms with Crippen LogP contribution in [0.5, 0.6) is 5.75 Å². The van der Waals surface area contributed by atoms with Crippen LogP contribution in [0.3, 0.4) is 0 Å². The topological polar surface area (TPSA) is 115 Å². The van der Waals surface area contributed by atoms with Crippen LogP contribution in [0.25, 0.3) is 0 Å². The second-order valence-corrected chi connectivity index (χ2v) is 5.41. The molecule has 0 aliphatic carbocycles. The van der Waals surface area contributed by atoms with Crippen LogP contribution in [0.1, 0.15) is 29.4 Å². The Kier molecular flexibility index (Phi) is 5.15. The van der Waals surface area contributed by atoms with Crippen molar-refractivity contribution in [3.63, 3.8) is 0 Å². The van der Waals surface area contributed by atoms with Crippen LogP contribution in [-0.2, 0) is 19.1 Å². The zero-order valence-electron chi connectivity index (χ0n) is 12.9. The summed E-state index contributed by atoms with van der Waals surface area (Å²) in [7, 11) is 0. The van der Waals surface area contributed by atoms with Crippen molar-refractivity contribution in [2.24, 2.45) is 5.92 Å². The van der Waals surface area contributed by atoms with Crippen LogP contribution in [0, 0.1) is 12.8 Å². The van der Waals surface area contributed by atoms with Crippen LogP contribution in [0.2, 0.25) is 0 Å². The van der Waals surface area contributed by atoms with Gasteiger partial charge in [0.1, 0.15) is 19.0 Å². The first-order chi connectivity index (χ1) is 10.9. The van der Waals surface area contributed by atoms with E-state index in [0.717, 1.165) is 0 Å². The Bertz CT molecular complexity index is 630. The minimum Gasteiger partial charge on any atom is -0.505 e. The number of amides is 1. The summed E-state index contributed by atoms with van der Waals surface area (Å²) in [5.41, 5.74) is 0.363. The average Bonchev–Trinajstić information content (AvgIpc) is 2.56. The molecule has 2 heterocycles. The summed E-state index contributed by atoms with van der Waals surface area (Å²) in [6, 6.07) is 0.847. The number of nitrogens with zero attached hydrogens (tertiary/aromatic N) is 1. The van der Waals surface area contributed by atoms with Crippen LogP contribution in [0.4, 0.5) is 0 Å². The lowest BCUT2D eigenvalue weighted by molar-refractivity contribution is -0.151. The van der Waals surface area contributed by atoms with E-state index in [1.54, 1.807) is 19.9 Å². The molecular formula is C15H18N2O6. The minimum absolute atomic E-state index is 0.0697. The maximum absolute atomic E-state index is 12.2. The number of nitrogens with one attached hydrogen (secondary N) is 1. The monoisotopic (exact) mass is 322 g/mol. The van der Waals surface area contributed by atoms with Crippen molar-refractivity contribution in [3.8, 4) is 5.75 Å². The SMILES string of the molecule is Cc1ccnc(C(=O)NC2COC(=O)CC(C)C(=O)OC2)c1O. The molecule has 23 heavy (non-hydrogen) atoms. The number of carbonyl (C=O) groups excluding carboxylic acids is 3. The van der Waals surface area contributed by atoms with Crippen LogP contribution in [0.15, 0.2) is 12.3 Å². The van der Waals surface area contributed by atoms with Crippen molar-refractivity contribution < 1.29 is 29.0 Å². The minimum atomic E-state index is -0.720. The number of aryl methyl sites for hydroxylation is 1. The first-order valence-corrected chi connectivity index (χ1v) is 7.16. The van der Waals surface area contributed by atoms with E-state index in [9.17, 15) is 19.5 Å². The molecule has 1 aliphatic rings. The molecule has 2 unspecified atom stereocenters. The van der Waals surface area contributed by atoms with Gasteiger partial charge in [0.15, 0.2) is 5.69 Å². The fourth-order valence-electron chi connectivity index (χ4n) is 2.01. The predicted octanol–water partition coefficient (Wildman–Crippen LogP) is 0.320. The van der Waals surface area contributed by atoms with E-state index in [1.165, 1.54) is 6.20 Å². The summed E-state index contributed by atoms with van der Waals surface area (Å²) in [6.45, 7) is 2.95. The summed E-state index contributed by atoms with van der Waals surface area (Å²) in [5, 5.41) is 12.4. The van der Waals surface area contributed by atoms with Crippen molar-refractivity contribution in [2.45, 2.75) is 26.3 Å². The van der Waals surface area contributed by atoms with E-state index in [2.05, 4.69) is 10.3 Å². The molecule has 0 radical (unpaired) electrons. The van der Waals surface area contributed by atoms with Gasteiger partial charge in [-0.25, -0.2) is 4.98 Å². The predicted molar refractivity (Wildman–Crippen MR) is 77.6 cm³/mol. The second-order valence-electron chi connectivity index (χ2n) is 5.41. The molecule has 0 spiro atoms.